The van der Waals surface area contributed by atoms with Gasteiger partial charge in [-0.2, -0.15) is 5.10 Å². The number of hydrazone groups is 1. The molecule has 3 amide bonds. The maximum absolute atomic E-state index is 12.2. The number of rotatable bonds is 9. The van der Waals surface area contributed by atoms with Crippen LogP contribution in [0.4, 0.5) is 5.69 Å². The summed E-state index contributed by atoms with van der Waals surface area (Å²) in [7, 11) is 0. The number of hydrogen-bond donors (Lipinski definition) is 3. The number of halogens is 1. The lowest BCUT2D eigenvalue weighted by Crippen LogP contribution is -2.41. The van der Waals surface area contributed by atoms with Gasteiger partial charge in [-0.3, -0.25) is 14.4 Å². The van der Waals surface area contributed by atoms with Crippen molar-refractivity contribution in [2.45, 2.75) is 32.3 Å². The lowest BCUT2D eigenvalue weighted by atomic mass is 10.1. The summed E-state index contributed by atoms with van der Waals surface area (Å²) in [6, 6.07) is 12.3. The van der Waals surface area contributed by atoms with Gasteiger partial charge in [-0.15, -0.1) is 0 Å². The Morgan fingerprint density at radius 1 is 1.18 bits per heavy atom. The number of nitrogens with one attached hydrogen (secondary N) is 3. The first kappa shape index (κ1) is 25.2. The average Bonchev–Trinajstić information content (AvgIpc) is 3.36. The van der Waals surface area contributed by atoms with E-state index in [2.05, 4.69) is 28.1 Å². The number of carbonyl (C=O) groups excluding carboxylic acids is 3. The molecule has 180 valence electrons. The van der Waals surface area contributed by atoms with Crippen LogP contribution in [0.1, 0.15) is 30.9 Å². The molecule has 0 spiro atoms. The lowest BCUT2D eigenvalue weighted by Gasteiger charge is -2.11. The van der Waals surface area contributed by atoms with Crippen LogP contribution in [0.15, 0.2) is 47.6 Å². The van der Waals surface area contributed by atoms with Crippen molar-refractivity contribution in [3.8, 4) is 5.75 Å². The number of hydrogen-bond acceptors (Lipinski definition) is 6. The van der Waals surface area contributed by atoms with Crippen molar-refractivity contribution in [1.29, 1.82) is 0 Å². The highest BCUT2D eigenvalue weighted by molar-refractivity contribution is 6.35. The minimum absolute atomic E-state index is 0.0701. The molecule has 0 aromatic heterocycles. The predicted octanol–water partition coefficient (Wildman–Crippen LogP) is 2.67. The van der Waals surface area contributed by atoms with Gasteiger partial charge in [0.25, 0.3) is 5.91 Å². The third-order valence-corrected chi connectivity index (χ3v) is 5.30. The quantitative estimate of drug-likeness (QED) is 0.286. The van der Waals surface area contributed by atoms with Crippen molar-refractivity contribution in [3.05, 3.63) is 58.6 Å². The topological polar surface area (TPSA) is 118 Å². The highest BCUT2D eigenvalue weighted by Gasteiger charge is 2.19. The molecule has 2 aromatic carbocycles. The molecule has 1 saturated heterocycles. The number of amides is 3. The summed E-state index contributed by atoms with van der Waals surface area (Å²) in [5.74, 6) is -1.72. The molecule has 0 unspecified atom stereocenters. The maximum Gasteiger partial charge on any atom is 0.329 e. The number of anilines is 1. The Morgan fingerprint density at radius 2 is 1.97 bits per heavy atom. The standard InChI is InChI=1S/C24H27ClN4O5/c1-2-16-5-8-19(9-6-16)28-22(30)15-34-21-10-7-18(25)12-17(21)13-27-29-24(32)23(31)26-14-20-4-3-11-33-20/h5-10,12-13,20H,2-4,11,14-15H2,1H3,(H,26,31)(H,28,30)(H,29,32)/b27-13-/t20-/m0/s1. The first-order valence-electron chi connectivity index (χ1n) is 11.0. The van der Waals surface area contributed by atoms with Gasteiger partial charge < -0.3 is 20.1 Å². The second kappa shape index (κ2) is 12.7. The Balaban J connectivity index is 1.50. The Labute approximate surface area is 202 Å². The van der Waals surface area contributed by atoms with Gasteiger partial charge in [0.15, 0.2) is 6.61 Å². The second-order valence-corrected chi connectivity index (χ2v) is 8.05. The van der Waals surface area contributed by atoms with Gasteiger partial charge in [0.2, 0.25) is 0 Å². The molecule has 1 aliphatic heterocycles. The average molecular weight is 487 g/mol. The van der Waals surface area contributed by atoms with Crippen LogP contribution in [0.5, 0.6) is 5.75 Å². The number of aryl methyl sites for hydroxylation is 1. The van der Waals surface area contributed by atoms with Crippen LogP contribution >= 0.6 is 11.6 Å². The highest BCUT2D eigenvalue weighted by atomic mass is 35.5. The first-order chi connectivity index (χ1) is 16.4. The van der Waals surface area contributed by atoms with Crippen molar-refractivity contribution in [3.63, 3.8) is 0 Å². The van der Waals surface area contributed by atoms with Crippen molar-refractivity contribution in [2.24, 2.45) is 5.10 Å². The molecule has 9 nitrogen and oxygen atoms in total. The van der Waals surface area contributed by atoms with E-state index in [1.807, 2.05) is 24.3 Å². The van der Waals surface area contributed by atoms with Crippen LogP contribution in [0, 0.1) is 0 Å². The summed E-state index contributed by atoms with van der Waals surface area (Å²) < 4.78 is 11.0. The van der Waals surface area contributed by atoms with Crippen LogP contribution in [-0.2, 0) is 25.5 Å². The summed E-state index contributed by atoms with van der Waals surface area (Å²) in [6.07, 6.45) is 3.92. The molecule has 34 heavy (non-hydrogen) atoms. The molecule has 2 aromatic rings. The van der Waals surface area contributed by atoms with Crippen LogP contribution in [-0.4, -0.2) is 49.8 Å². The fourth-order valence-electron chi connectivity index (χ4n) is 3.22. The first-order valence-corrected chi connectivity index (χ1v) is 11.4. The van der Waals surface area contributed by atoms with Crippen molar-refractivity contribution in [1.82, 2.24) is 10.7 Å². The monoisotopic (exact) mass is 486 g/mol. The van der Waals surface area contributed by atoms with Gasteiger partial charge in [-0.1, -0.05) is 30.7 Å². The molecule has 3 N–H and O–H groups in total. The molecule has 0 saturated carbocycles. The van der Waals surface area contributed by atoms with E-state index >= 15 is 0 Å². The van der Waals surface area contributed by atoms with Crippen LogP contribution < -0.4 is 20.8 Å². The molecule has 1 fully saturated rings. The number of benzene rings is 2. The molecule has 1 heterocycles. The molecule has 0 radical (unpaired) electrons. The van der Waals surface area contributed by atoms with E-state index in [-0.39, 0.29) is 25.2 Å². The lowest BCUT2D eigenvalue weighted by molar-refractivity contribution is -0.139. The SMILES string of the molecule is CCc1ccc(NC(=O)COc2ccc(Cl)cc2/C=N\NC(=O)C(=O)NC[C@@H]2CCCO2)cc1. The molecule has 1 atom stereocenters. The maximum atomic E-state index is 12.2. The van der Waals surface area contributed by atoms with Crippen molar-refractivity contribution in [2.75, 3.05) is 25.1 Å². The minimum atomic E-state index is -0.910. The molecule has 3 rings (SSSR count). The van der Waals surface area contributed by atoms with E-state index in [1.165, 1.54) is 11.8 Å². The third-order valence-electron chi connectivity index (χ3n) is 5.07. The second-order valence-electron chi connectivity index (χ2n) is 7.61. The fourth-order valence-corrected chi connectivity index (χ4v) is 3.40. The van der Waals surface area contributed by atoms with E-state index in [4.69, 9.17) is 21.1 Å². The summed E-state index contributed by atoms with van der Waals surface area (Å²) in [5.41, 5.74) is 4.43. The zero-order valence-electron chi connectivity index (χ0n) is 18.8. The largest absolute Gasteiger partial charge is 0.483 e. The number of ether oxygens (including phenoxy) is 2. The van der Waals surface area contributed by atoms with Gasteiger partial charge in [0.05, 0.1) is 12.3 Å². The van der Waals surface area contributed by atoms with Crippen molar-refractivity contribution >= 4 is 41.2 Å². The fraction of sp³-hybridized carbons (Fsp3) is 0.333. The summed E-state index contributed by atoms with van der Waals surface area (Å²) >= 11 is 6.05. The Hall–Kier alpha value is -3.43. The molecular formula is C24H27ClN4O5. The summed E-state index contributed by atoms with van der Waals surface area (Å²) in [4.78, 5) is 36.1. The van der Waals surface area contributed by atoms with Crippen molar-refractivity contribution < 1.29 is 23.9 Å². The predicted molar refractivity (Wildman–Crippen MR) is 129 cm³/mol. The minimum Gasteiger partial charge on any atom is -0.483 e. The third kappa shape index (κ3) is 7.86. The van der Waals surface area contributed by atoms with Gasteiger partial charge in [-0.05, 0) is 55.2 Å². The van der Waals surface area contributed by atoms with E-state index < -0.39 is 11.8 Å². The summed E-state index contributed by atoms with van der Waals surface area (Å²) in [6.45, 7) is 2.75. The highest BCUT2D eigenvalue weighted by Crippen LogP contribution is 2.21. The van der Waals surface area contributed by atoms with E-state index in [9.17, 15) is 14.4 Å². The van der Waals surface area contributed by atoms with Gasteiger partial charge >= 0.3 is 11.8 Å². The van der Waals surface area contributed by atoms with Crippen LogP contribution in [0.3, 0.4) is 0 Å². The molecule has 10 heteroatoms. The number of nitrogens with zero attached hydrogens (tertiary/aromatic N) is 1. The van der Waals surface area contributed by atoms with Crippen LogP contribution in [0.25, 0.3) is 0 Å². The Bertz CT molecular complexity index is 1040. The summed E-state index contributed by atoms with van der Waals surface area (Å²) in [5, 5.41) is 9.49. The van der Waals surface area contributed by atoms with E-state index in [1.54, 1.807) is 18.2 Å². The van der Waals surface area contributed by atoms with E-state index in [0.29, 0.717) is 28.6 Å². The van der Waals surface area contributed by atoms with E-state index in [0.717, 1.165) is 19.3 Å². The molecule has 0 aliphatic carbocycles. The van der Waals surface area contributed by atoms with Crippen LogP contribution in [0.2, 0.25) is 5.02 Å². The van der Waals surface area contributed by atoms with Gasteiger partial charge in [0, 0.05) is 29.4 Å². The Kier molecular flexibility index (Phi) is 9.42. The normalized spacial score (nSPS) is 15.2. The van der Waals surface area contributed by atoms with Gasteiger partial charge in [-0.25, -0.2) is 5.43 Å². The Morgan fingerprint density at radius 3 is 2.68 bits per heavy atom. The molecular weight excluding hydrogens is 460 g/mol. The zero-order valence-corrected chi connectivity index (χ0v) is 19.6. The van der Waals surface area contributed by atoms with Gasteiger partial charge in [0.1, 0.15) is 5.75 Å². The molecule has 1 aliphatic rings. The number of carbonyl (C=O) groups is 3. The molecule has 0 bridgehead atoms. The zero-order chi connectivity index (χ0) is 24.3. The smallest absolute Gasteiger partial charge is 0.329 e.